The van der Waals surface area contributed by atoms with Gasteiger partial charge >= 0.3 is 0 Å². The molecule has 1 aliphatic heterocycles. The van der Waals surface area contributed by atoms with Crippen molar-refractivity contribution in [1.82, 2.24) is 9.80 Å². The maximum Gasteiger partial charge on any atom is 0.236 e. The highest BCUT2D eigenvalue weighted by molar-refractivity contribution is 5.78. The predicted octanol–water partition coefficient (Wildman–Crippen LogP) is 1.18. The molecule has 5 heteroatoms. The van der Waals surface area contributed by atoms with Gasteiger partial charge in [0.1, 0.15) is 6.17 Å². The fourth-order valence-electron chi connectivity index (χ4n) is 3.26. The van der Waals surface area contributed by atoms with Gasteiger partial charge in [-0.05, 0) is 19.3 Å². The van der Waals surface area contributed by atoms with Crippen LogP contribution >= 0.6 is 0 Å². The van der Waals surface area contributed by atoms with Crippen molar-refractivity contribution in [3.05, 3.63) is 0 Å². The summed E-state index contributed by atoms with van der Waals surface area (Å²) in [6.45, 7) is 0.439. The summed E-state index contributed by atoms with van der Waals surface area (Å²) in [5.41, 5.74) is 0. The molecule has 1 saturated carbocycles. The minimum Gasteiger partial charge on any atom is -0.395 e. The van der Waals surface area contributed by atoms with Gasteiger partial charge in [-0.25, -0.2) is 4.39 Å². The molecule has 2 rings (SSSR count). The normalized spacial score (nSPS) is 29.6. The predicted molar refractivity (Wildman–Crippen MR) is 71.6 cm³/mol. The summed E-state index contributed by atoms with van der Waals surface area (Å²) in [6.07, 6.45) is 5.24. The first-order chi connectivity index (χ1) is 9.11. The Morgan fingerprint density at radius 1 is 1.37 bits per heavy atom. The number of carbonyl (C=O) groups is 1. The first-order valence-corrected chi connectivity index (χ1v) is 7.36. The molecule has 110 valence electrons. The molecule has 2 aliphatic rings. The van der Waals surface area contributed by atoms with Crippen molar-refractivity contribution in [2.75, 3.05) is 26.7 Å². The number of alkyl halides is 1. The lowest BCUT2D eigenvalue weighted by atomic mass is 9.94. The third-order valence-electron chi connectivity index (χ3n) is 4.54. The summed E-state index contributed by atoms with van der Waals surface area (Å²) in [5.74, 6) is 0.0550. The average Bonchev–Trinajstić information content (AvgIpc) is 2.78. The molecular formula is C14H25FN2O2. The first kappa shape index (κ1) is 14.7. The number of likely N-dealkylation sites (N-methyl/N-ethyl adjacent to an activating group) is 1. The standard InChI is InChI=1S/C14H25FN2O2/c1-16(12-5-3-2-4-6-12)14(19)9-17-8-11(15)7-13(17)10-18/h11-13,18H,2-10H2,1H3/t11-,13-/m0/s1. The Hall–Kier alpha value is -0.680. The maximum atomic E-state index is 13.3. The van der Waals surface area contributed by atoms with Crippen LogP contribution in [0.3, 0.4) is 0 Å². The minimum atomic E-state index is -0.912. The molecule has 0 bridgehead atoms. The van der Waals surface area contributed by atoms with Gasteiger partial charge in [-0.3, -0.25) is 9.69 Å². The molecule has 0 spiro atoms. The molecule has 1 heterocycles. The van der Waals surface area contributed by atoms with Gasteiger partial charge in [0.2, 0.25) is 5.91 Å². The quantitative estimate of drug-likeness (QED) is 0.836. The van der Waals surface area contributed by atoms with Crippen molar-refractivity contribution in [2.45, 2.75) is 56.8 Å². The van der Waals surface area contributed by atoms with E-state index in [0.717, 1.165) is 12.8 Å². The SMILES string of the molecule is CN(C(=O)CN1C[C@@H](F)C[C@H]1CO)C1CCCCC1. The molecule has 1 amide bonds. The Bertz CT molecular complexity index is 308. The second kappa shape index (κ2) is 6.66. The van der Waals surface area contributed by atoms with Gasteiger partial charge in [-0.2, -0.15) is 0 Å². The Balaban J connectivity index is 1.85. The van der Waals surface area contributed by atoms with Crippen LogP contribution < -0.4 is 0 Å². The van der Waals surface area contributed by atoms with Gasteiger partial charge < -0.3 is 10.0 Å². The van der Waals surface area contributed by atoms with Gasteiger partial charge in [0.25, 0.3) is 0 Å². The van der Waals surface area contributed by atoms with Crippen molar-refractivity contribution in [2.24, 2.45) is 0 Å². The molecule has 2 fully saturated rings. The van der Waals surface area contributed by atoms with E-state index in [1.54, 1.807) is 4.90 Å². The molecule has 2 atom stereocenters. The molecule has 1 aliphatic carbocycles. The number of hydrogen-bond acceptors (Lipinski definition) is 3. The lowest BCUT2D eigenvalue weighted by Gasteiger charge is -2.33. The molecule has 4 nitrogen and oxygen atoms in total. The smallest absolute Gasteiger partial charge is 0.236 e. The van der Waals surface area contributed by atoms with Crippen LogP contribution in [0.4, 0.5) is 4.39 Å². The van der Waals surface area contributed by atoms with E-state index in [1.165, 1.54) is 19.3 Å². The van der Waals surface area contributed by atoms with E-state index in [9.17, 15) is 14.3 Å². The Labute approximate surface area is 114 Å². The van der Waals surface area contributed by atoms with Crippen LogP contribution in [-0.2, 0) is 4.79 Å². The number of amides is 1. The zero-order valence-corrected chi connectivity index (χ0v) is 11.7. The average molecular weight is 272 g/mol. The maximum absolute atomic E-state index is 13.3. The number of halogens is 1. The zero-order valence-electron chi connectivity index (χ0n) is 11.7. The molecule has 1 N–H and O–H groups in total. The number of carbonyl (C=O) groups excluding carboxylic acids is 1. The number of hydrogen-bond donors (Lipinski definition) is 1. The molecular weight excluding hydrogens is 247 g/mol. The monoisotopic (exact) mass is 272 g/mol. The van der Waals surface area contributed by atoms with Crippen LogP contribution in [0.15, 0.2) is 0 Å². The number of likely N-dealkylation sites (tertiary alicyclic amines) is 1. The highest BCUT2D eigenvalue weighted by atomic mass is 19.1. The van der Waals surface area contributed by atoms with E-state index >= 15 is 0 Å². The van der Waals surface area contributed by atoms with Gasteiger partial charge in [0.15, 0.2) is 0 Å². The lowest BCUT2D eigenvalue weighted by Crippen LogP contribution is -2.46. The van der Waals surface area contributed by atoms with Crippen LogP contribution in [0.5, 0.6) is 0 Å². The van der Waals surface area contributed by atoms with Crippen LogP contribution in [0, 0.1) is 0 Å². The molecule has 1 saturated heterocycles. The second-order valence-corrected chi connectivity index (χ2v) is 5.90. The highest BCUT2D eigenvalue weighted by Crippen LogP contribution is 2.23. The summed E-state index contributed by atoms with van der Waals surface area (Å²) in [6, 6.07) is 0.149. The number of nitrogens with zero attached hydrogens (tertiary/aromatic N) is 2. The van der Waals surface area contributed by atoms with Crippen molar-refractivity contribution >= 4 is 5.91 Å². The van der Waals surface area contributed by atoms with E-state index in [0.29, 0.717) is 12.5 Å². The van der Waals surface area contributed by atoms with Crippen LogP contribution in [0.2, 0.25) is 0 Å². The Morgan fingerprint density at radius 2 is 2.05 bits per heavy atom. The molecule has 0 unspecified atom stereocenters. The van der Waals surface area contributed by atoms with Gasteiger partial charge in [-0.15, -0.1) is 0 Å². The highest BCUT2D eigenvalue weighted by Gasteiger charge is 2.34. The topological polar surface area (TPSA) is 43.8 Å². The van der Waals surface area contributed by atoms with Crippen LogP contribution in [-0.4, -0.2) is 65.8 Å². The van der Waals surface area contributed by atoms with E-state index in [2.05, 4.69) is 0 Å². The van der Waals surface area contributed by atoms with Gasteiger partial charge in [0, 0.05) is 25.7 Å². The molecule has 19 heavy (non-hydrogen) atoms. The molecule has 0 aromatic heterocycles. The molecule has 0 aromatic carbocycles. The Morgan fingerprint density at radius 3 is 2.68 bits per heavy atom. The fourth-order valence-corrected chi connectivity index (χ4v) is 3.26. The third kappa shape index (κ3) is 3.66. The number of aliphatic hydroxyl groups excluding tert-OH is 1. The van der Waals surface area contributed by atoms with Gasteiger partial charge in [-0.1, -0.05) is 19.3 Å². The minimum absolute atomic E-state index is 0.0550. The van der Waals surface area contributed by atoms with Crippen molar-refractivity contribution < 1.29 is 14.3 Å². The van der Waals surface area contributed by atoms with E-state index in [4.69, 9.17) is 0 Å². The summed E-state index contributed by atoms with van der Waals surface area (Å²) >= 11 is 0. The largest absolute Gasteiger partial charge is 0.395 e. The van der Waals surface area contributed by atoms with E-state index in [1.807, 2.05) is 11.9 Å². The lowest BCUT2D eigenvalue weighted by molar-refractivity contribution is -0.134. The third-order valence-corrected chi connectivity index (χ3v) is 4.54. The van der Waals surface area contributed by atoms with Gasteiger partial charge in [0.05, 0.1) is 13.2 Å². The van der Waals surface area contributed by atoms with Crippen molar-refractivity contribution in [1.29, 1.82) is 0 Å². The fraction of sp³-hybridized carbons (Fsp3) is 0.929. The van der Waals surface area contributed by atoms with E-state index in [-0.39, 0.29) is 31.6 Å². The second-order valence-electron chi connectivity index (χ2n) is 5.90. The number of rotatable bonds is 4. The summed E-state index contributed by atoms with van der Waals surface area (Å²) in [4.78, 5) is 15.9. The van der Waals surface area contributed by atoms with Crippen LogP contribution in [0.1, 0.15) is 38.5 Å². The van der Waals surface area contributed by atoms with Crippen molar-refractivity contribution in [3.8, 4) is 0 Å². The summed E-state index contributed by atoms with van der Waals surface area (Å²) in [7, 11) is 1.86. The summed E-state index contributed by atoms with van der Waals surface area (Å²) < 4.78 is 13.3. The van der Waals surface area contributed by atoms with Crippen LogP contribution in [0.25, 0.3) is 0 Å². The van der Waals surface area contributed by atoms with Crippen molar-refractivity contribution in [3.63, 3.8) is 0 Å². The molecule has 0 radical (unpaired) electrons. The Kier molecular flexibility index (Phi) is 5.16. The first-order valence-electron chi connectivity index (χ1n) is 7.36. The zero-order chi connectivity index (χ0) is 13.8. The molecule has 0 aromatic rings. The number of aliphatic hydroxyl groups is 1. The summed E-state index contributed by atoms with van der Waals surface area (Å²) in [5, 5.41) is 9.22. The van der Waals surface area contributed by atoms with E-state index < -0.39 is 6.17 Å².